The number of hydrogen-bond acceptors (Lipinski definition) is 4. The molecule has 4 rings (SSSR count). The number of carbonyl (C=O) groups is 1. The molecule has 2 atom stereocenters. The number of nitrogens with one attached hydrogen (secondary N) is 1. The van der Waals surface area contributed by atoms with Crippen LogP contribution in [0.3, 0.4) is 0 Å². The molecule has 1 aliphatic heterocycles. The van der Waals surface area contributed by atoms with Gasteiger partial charge in [0.05, 0.1) is 17.7 Å². The zero-order valence-corrected chi connectivity index (χ0v) is 16.1. The first kappa shape index (κ1) is 18.1. The summed E-state index contributed by atoms with van der Waals surface area (Å²) < 4.78 is 11.6. The number of fused-ring (bicyclic) bond motifs is 1. The Hall–Kier alpha value is -2.24. The van der Waals surface area contributed by atoms with Gasteiger partial charge in [-0.25, -0.2) is 0 Å². The molecule has 0 saturated carbocycles. The smallest absolute Gasteiger partial charge is 0.252 e. The van der Waals surface area contributed by atoms with Crippen LogP contribution < -0.4 is 5.32 Å². The SMILES string of the molecule is CC(NC(=O)c1ccccc1SCC1CCCO1)c1cc2ccccc2o1. The van der Waals surface area contributed by atoms with E-state index in [4.69, 9.17) is 9.15 Å². The summed E-state index contributed by atoms with van der Waals surface area (Å²) in [5.74, 6) is 1.55. The molecule has 1 saturated heterocycles. The highest BCUT2D eigenvalue weighted by Crippen LogP contribution is 2.28. The van der Waals surface area contributed by atoms with E-state index in [1.165, 1.54) is 0 Å². The van der Waals surface area contributed by atoms with Crippen LogP contribution in [-0.4, -0.2) is 24.4 Å². The summed E-state index contributed by atoms with van der Waals surface area (Å²) in [6.07, 6.45) is 2.52. The minimum Gasteiger partial charge on any atom is -0.459 e. The second kappa shape index (κ2) is 8.19. The molecule has 2 unspecified atom stereocenters. The van der Waals surface area contributed by atoms with Gasteiger partial charge < -0.3 is 14.5 Å². The molecule has 1 aromatic heterocycles. The van der Waals surface area contributed by atoms with Gasteiger partial charge in [0.15, 0.2) is 0 Å². The van der Waals surface area contributed by atoms with Gasteiger partial charge in [-0.05, 0) is 44.0 Å². The third-order valence-electron chi connectivity index (χ3n) is 4.80. The van der Waals surface area contributed by atoms with Crippen molar-refractivity contribution >= 4 is 28.6 Å². The number of benzene rings is 2. The first-order valence-corrected chi connectivity index (χ1v) is 10.3. The molecule has 27 heavy (non-hydrogen) atoms. The summed E-state index contributed by atoms with van der Waals surface area (Å²) in [7, 11) is 0. The van der Waals surface area contributed by atoms with Crippen LogP contribution in [-0.2, 0) is 4.74 Å². The normalized spacial score (nSPS) is 17.9. The minimum atomic E-state index is -0.207. The number of amides is 1. The van der Waals surface area contributed by atoms with E-state index >= 15 is 0 Å². The molecule has 1 fully saturated rings. The Kier molecular flexibility index (Phi) is 5.50. The van der Waals surface area contributed by atoms with Gasteiger partial charge >= 0.3 is 0 Å². The van der Waals surface area contributed by atoms with E-state index in [-0.39, 0.29) is 11.9 Å². The van der Waals surface area contributed by atoms with Gasteiger partial charge in [-0.15, -0.1) is 11.8 Å². The molecular formula is C22H23NO3S. The fourth-order valence-electron chi connectivity index (χ4n) is 3.30. The largest absolute Gasteiger partial charge is 0.459 e. The molecule has 1 N–H and O–H groups in total. The van der Waals surface area contributed by atoms with Crippen molar-refractivity contribution in [3.05, 3.63) is 65.9 Å². The van der Waals surface area contributed by atoms with E-state index in [9.17, 15) is 4.79 Å². The van der Waals surface area contributed by atoms with Gasteiger partial charge in [-0.2, -0.15) is 0 Å². The van der Waals surface area contributed by atoms with Gasteiger partial charge in [0, 0.05) is 22.6 Å². The number of hydrogen-bond donors (Lipinski definition) is 1. The molecule has 2 aromatic carbocycles. The molecule has 0 bridgehead atoms. The van der Waals surface area contributed by atoms with Gasteiger partial charge in [-0.1, -0.05) is 30.3 Å². The zero-order valence-electron chi connectivity index (χ0n) is 15.3. The van der Waals surface area contributed by atoms with Crippen LogP contribution in [0.5, 0.6) is 0 Å². The van der Waals surface area contributed by atoms with E-state index in [0.29, 0.717) is 11.7 Å². The lowest BCUT2D eigenvalue weighted by Crippen LogP contribution is -2.27. The minimum absolute atomic E-state index is 0.0848. The van der Waals surface area contributed by atoms with Gasteiger partial charge in [-0.3, -0.25) is 4.79 Å². The lowest BCUT2D eigenvalue weighted by molar-refractivity contribution is 0.0932. The van der Waals surface area contributed by atoms with Crippen molar-refractivity contribution in [1.82, 2.24) is 5.32 Å². The summed E-state index contributed by atoms with van der Waals surface area (Å²) in [6, 6.07) is 17.4. The predicted molar refractivity (Wildman–Crippen MR) is 108 cm³/mol. The van der Waals surface area contributed by atoms with Crippen molar-refractivity contribution in [2.45, 2.75) is 36.8 Å². The van der Waals surface area contributed by atoms with Crippen LogP contribution in [0.15, 0.2) is 63.9 Å². The number of furan rings is 1. The average molecular weight is 381 g/mol. The van der Waals surface area contributed by atoms with Crippen molar-refractivity contribution in [3.63, 3.8) is 0 Å². The quantitative estimate of drug-likeness (QED) is 0.597. The Morgan fingerprint density at radius 1 is 1.22 bits per heavy atom. The summed E-state index contributed by atoms with van der Waals surface area (Å²) in [4.78, 5) is 13.9. The van der Waals surface area contributed by atoms with Gasteiger partial charge in [0.25, 0.3) is 5.91 Å². The average Bonchev–Trinajstić information content (AvgIpc) is 3.36. The Balaban J connectivity index is 1.45. The van der Waals surface area contributed by atoms with E-state index in [1.54, 1.807) is 11.8 Å². The Morgan fingerprint density at radius 3 is 2.85 bits per heavy atom. The van der Waals surface area contributed by atoms with Crippen LogP contribution in [0.25, 0.3) is 11.0 Å². The van der Waals surface area contributed by atoms with Crippen LogP contribution in [0.4, 0.5) is 0 Å². The molecule has 0 aliphatic carbocycles. The monoisotopic (exact) mass is 381 g/mol. The van der Waals surface area contributed by atoms with E-state index in [2.05, 4.69) is 5.32 Å². The summed E-state index contributed by atoms with van der Waals surface area (Å²) in [6.45, 7) is 2.79. The predicted octanol–water partition coefficient (Wildman–Crippen LogP) is 5.19. The third-order valence-corrected chi connectivity index (χ3v) is 6.00. The lowest BCUT2D eigenvalue weighted by atomic mass is 10.1. The topological polar surface area (TPSA) is 51.5 Å². The van der Waals surface area contributed by atoms with E-state index in [1.807, 2.05) is 61.5 Å². The van der Waals surface area contributed by atoms with Crippen molar-refractivity contribution in [2.75, 3.05) is 12.4 Å². The molecule has 1 aliphatic rings. The van der Waals surface area contributed by atoms with Crippen LogP contribution >= 0.6 is 11.8 Å². The van der Waals surface area contributed by atoms with E-state index < -0.39 is 0 Å². The van der Waals surface area contributed by atoms with Crippen LogP contribution in [0, 0.1) is 0 Å². The third kappa shape index (κ3) is 4.20. The number of carbonyl (C=O) groups excluding carboxylic acids is 1. The van der Waals surface area contributed by atoms with Crippen LogP contribution in [0.2, 0.25) is 0 Å². The summed E-state index contributed by atoms with van der Waals surface area (Å²) in [5, 5.41) is 4.11. The first-order valence-electron chi connectivity index (χ1n) is 9.33. The fourth-order valence-corrected chi connectivity index (χ4v) is 4.42. The summed E-state index contributed by atoms with van der Waals surface area (Å²) in [5.41, 5.74) is 1.53. The maximum absolute atomic E-state index is 12.9. The molecule has 1 amide bonds. The van der Waals surface area contributed by atoms with Crippen LogP contribution in [0.1, 0.15) is 41.9 Å². The maximum Gasteiger partial charge on any atom is 0.252 e. The molecule has 0 radical (unpaired) electrons. The fraction of sp³-hybridized carbons (Fsp3) is 0.318. The number of rotatable bonds is 6. The van der Waals surface area contributed by atoms with Gasteiger partial charge in [0.2, 0.25) is 0 Å². The Morgan fingerprint density at radius 2 is 2.04 bits per heavy atom. The van der Waals surface area contributed by atoms with Crippen molar-refractivity contribution in [1.29, 1.82) is 0 Å². The molecule has 2 heterocycles. The number of thioether (sulfide) groups is 1. The Labute approximate surface area is 163 Å². The summed E-state index contributed by atoms with van der Waals surface area (Å²) >= 11 is 1.69. The standard InChI is InChI=1S/C22H23NO3S/c1-15(20-13-16-7-2-4-10-19(16)26-20)23-22(24)18-9-3-5-11-21(18)27-14-17-8-6-12-25-17/h2-5,7,9-11,13,15,17H,6,8,12,14H2,1H3,(H,23,24). The molecule has 140 valence electrons. The number of para-hydroxylation sites is 1. The van der Waals surface area contributed by atoms with E-state index in [0.717, 1.165) is 46.8 Å². The van der Waals surface area contributed by atoms with Crippen molar-refractivity contribution < 1.29 is 13.9 Å². The number of ether oxygens (including phenoxy) is 1. The molecule has 3 aromatic rings. The second-order valence-electron chi connectivity index (χ2n) is 6.82. The zero-order chi connectivity index (χ0) is 18.6. The first-order chi connectivity index (χ1) is 13.2. The molecule has 0 spiro atoms. The van der Waals surface area contributed by atoms with Gasteiger partial charge in [0.1, 0.15) is 11.3 Å². The second-order valence-corrected chi connectivity index (χ2v) is 7.89. The molecule has 4 nitrogen and oxygen atoms in total. The molecular weight excluding hydrogens is 358 g/mol. The lowest BCUT2D eigenvalue weighted by Gasteiger charge is -2.15. The Bertz CT molecular complexity index is 897. The maximum atomic E-state index is 12.9. The highest BCUT2D eigenvalue weighted by molar-refractivity contribution is 7.99. The molecule has 5 heteroatoms. The van der Waals surface area contributed by atoms with Crippen molar-refractivity contribution in [3.8, 4) is 0 Å². The highest BCUT2D eigenvalue weighted by Gasteiger charge is 2.20. The highest BCUT2D eigenvalue weighted by atomic mass is 32.2. The van der Waals surface area contributed by atoms with Crippen molar-refractivity contribution in [2.24, 2.45) is 0 Å².